The van der Waals surface area contributed by atoms with Crippen molar-refractivity contribution in [1.29, 1.82) is 0 Å². The van der Waals surface area contributed by atoms with Crippen molar-refractivity contribution in [2.45, 2.75) is 24.8 Å². The molecule has 0 radical (unpaired) electrons. The molecule has 4 rings (SSSR count). The summed E-state index contributed by atoms with van der Waals surface area (Å²) >= 11 is 1.47. The molecule has 1 saturated heterocycles. The van der Waals surface area contributed by atoms with E-state index in [1.54, 1.807) is 0 Å². The first kappa shape index (κ1) is 21.6. The number of fused-ring (bicyclic) bond motifs is 1. The predicted molar refractivity (Wildman–Crippen MR) is 118 cm³/mol. The third-order valence-corrected chi connectivity index (χ3v) is 8.08. The Labute approximate surface area is 183 Å². The van der Waals surface area contributed by atoms with Gasteiger partial charge in [-0.15, -0.1) is 11.3 Å². The van der Waals surface area contributed by atoms with Gasteiger partial charge in [-0.25, -0.2) is 13.4 Å². The van der Waals surface area contributed by atoms with Gasteiger partial charge in [0.2, 0.25) is 15.9 Å². The van der Waals surface area contributed by atoms with Gasteiger partial charge in [0.1, 0.15) is 11.4 Å². The monoisotopic (exact) mass is 462 g/mol. The summed E-state index contributed by atoms with van der Waals surface area (Å²) in [4.78, 5) is 31.2. The zero-order valence-electron chi connectivity index (χ0n) is 16.9. The average Bonchev–Trinajstić information content (AvgIpc) is 3.21. The van der Waals surface area contributed by atoms with Crippen LogP contribution in [0.5, 0.6) is 0 Å². The number of amides is 1. The fraction of sp³-hybridized carbons (Fsp3) is 0.350. The molecule has 0 atom stereocenters. The van der Waals surface area contributed by atoms with Gasteiger partial charge in [0.15, 0.2) is 0 Å². The van der Waals surface area contributed by atoms with E-state index in [1.165, 1.54) is 50.8 Å². The van der Waals surface area contributed by atoms with Crippen molar-refractivity contribution in [2.24, 2.45) is 0 Å². The van der Waals surface area contributed by atoms with Crippen molar-refractivity contribution < 1.29 is 17.9 Å². The average molecular weight is 463 g/mol. The van der Waals surface area contributed by atoms with Crippen molar-refractivity contribution in [2.75, 3.05) is 31.6 Å². The van der Waals surface area contributed by atoms with Crippen LogP contribution in [0.1, 0.15) is 11.8 Å². The standard InChI is InChI=1S/C20H22N4O5S2/c1-2-15-11-17-19(30-15)21-13-23(20(17)26)12-18(25)22-14-3-5-16(6-4-14)31(27,28)24-7-9-29-10-8-24/h3-6,11,13H,2,7-10,12H2,1H3,(H,22,25). The number of nitrogens with zero attached hydrogens (tertiary/aromatic N) is 3. The lowest BCUT2D eigenvalue weighted by Crippen LogP contribution is -2.40. The molecule has 3 aromatic rings. The molecular weight excluding hydrogens is 440 g/mol. The fourth-order valence-corrected chi connectivity index (χ4v) is 5.63. The second-order valence-corrected chi connectivity index (χ2v) is 10.1. The summed E-state index contributed by atoms with van der Waals surface area (Å²) in [5, 5.41) is 3.20. The van der Waals surface area contributed by atoms with Gasteiger partial charge in [0.25, 0.3) is 5.56 Å². The SMILES string of the molecule is CCc1cc2c(=O)n(CC(=O)Nc3ccc(S(=O)(=O)N4CCOCC4)cc3)cnc2s1. The molecule has 2 aromatic heterocycles. The van der Waals surface area contributed by atoms with Crippen molar-refractivity contribution >= 4 is 43.2 Å². The highest BCUT2D eigenvalue weighted by Crippen LogP contribution is 2.21. The zero-order valence-corrected chi connectivity index (χ0v) is 18.5. The van der Waals surface area contributed by atoms with Crippen LogP contribution >= 0.6 is 11.3 Å². The third-order valence-electron chi connectivity index (χ3n) is 4.98. The van der Waals surface area contributed by atoms with Crippen molar-refractivity contribution in [3.63, 3.8) is 0 Å². The fourth-order valence-electron chi connectivity index (χ4n) is 3.30. The Morgan fingerprint density at radius 1 is 1.23 bits per heavy atom. The van der Waals surface area contributed by atoms with Gasteiger partial charge in [-0.05, 0) is 36.8 Å². The van der Waals surface area contributed by atoms with Gasteiger partial charge in [-0.2, -0.15) is 4.31 Å². The lowest BCUT2D eigenvalue weighted by molar-refractivity contribution is -0.116. The van der Waals surface area contributed by atoms with Crippen molar-refractivity contribution in [3.8, 4) is 0 Å². The molecule has 164 valence electrons. The van der Waals surface area contributed by atoms with Crippen LogP contribution in [0, 0.1) is 0 Å². The number of aryl methyl sites for hydroxylation is 1. The lowest BCUT2D eigenvalue weighted by Gasteiger charge is -2.26. The number of benzene rings is 1. The number of rotatable bonds is 6. The number of thiophene rings is 1. The van der Waals surface area contributed by atoms with Crippen LogP contribution in [-0.2, 0) is 32.5 Å². The van der Waals surface area contributed by atoms with E-state index in [1.807, 2.05) is 13.0 Å². The van der Waals surface area contributed by atoms with E-state index in [0.717, 1.165) is 11.3 Å². The maximum atomic E-state index is 12.7. The molecule has 0 aliphatic carbocycles. The summed E-state index contributed by atoms with van der Waals surface area (Å²) in [5.74, 6) is -0.405. The summed E-state index contributed by atoms with van der Waals surface area (Å²) in [6.45, 7) is 3.20. The number of anilines is 1. The molecule has 1 amide bonds. The summed E-state index contributed by atoms with van der Waals surface area (Å²) in [6, 6.07) is 7.79. The number of sulfonamides is 1. The largest absolute Gasteiger partial charge is 0.379 e. The highest BCUT2D eigenvalue weighted by molar-refractivity contribution is 7.89. The Hall–Kier alpha value is -2.60. The number of ether oxygens (including phenoxy) is 1. The quantitative estimate of drug-likeness (QED) is 0.597. The summed E-state index contributed by atoms with van der Waals surface area (Å²) in [6.07, 6.45) is 2.19. The van der Waals surface area contributed by atoms with E-state index in [9.17, 15) is 18.0 Å². The van der Waals surface area contributed by atoms with Gasteiger partial charge in [0, 0.05) is 23.7 Å². The molecule has 1 N–H and O–H groups in total. The topological polar surface area (TPSA) is 111 Å². The molecule has 1 aromatic carbocycles. The minimum atomic E-state index is -3.59. The number of morpholine rings is 1. The van der Waals surface area contributed by atoms with Crippen LogP contribution in [0.4, 0.5) is 5.69 Å². The Morgan fingerprint density at radius 2 is 1.94 bits per heavy atom. The van der Waals surface area contributed by atoms with Gasteiger partial charge < -0.3 is 10.1 Å². The number of carbonyl (C=O) groups excluding carboxylic acids is 1. The molecule has 1 aliphatic rings. The van der Waals surface area contributed by atoms with Crippen LogP contribution in [0.25, 0.3) is 10.2 Å². The van der Waals surface area contributed by atoms with E-state index < -0.39 is 15.9 Å². The van der Waals surface area contributed by atoms with E-state index in [4.69, 9.17) is 4.74 Å². The number of hydrogen-bond donors (Lipinski definition) is 1. The number of carbonyl (C=O) groups is 1. The molecule has 1 aliphatic heterocycles. The Kier molecular flexibility index (Phi) is 6.19. The summed E-state index contributed by atoms with van der Waals surface area (Å²) in [7, 11) is -3.59. The zero-order chi connectivity index (χ0) is 22.0. The highest BCUT2D eigenvalue weighted by Gasteiger charge is 2.26. The molecule has 1 fully saturated rings. The van der Waals surface area contributed by atoms with E-state index in [-0.39, 0.29) is 17.0 Å². The summed E-state index contributed by atoms with van der Waals surface area (Å²) in [5.41, 5.74) is 0.180. The molecule has 31 heavy (non-hydrogen) atoms. The number of nitrogens with one attached hydrogen (secondary N) is 1. The molecule has 0 spiro atoms. The Bertz CT molecular complexity index is 1260. The molecule has 3 heterocycles. The van der Waals surface area contributed by atoms with E-state index in [2.05, 4.69) is 10.3 Å². The minimum Gasteiger partial charge on any atom is -0.379 e. The van der Waals surface area contributed by atoms with E-state index >= 15 is 0 Å². The maximum Gasteiger partial charge on any atom is 0.262 e. The van der Waals surface area contributed by atoms with Crippen LogP contribution in [0.2, 0.25) is 0 Å². The number of aromatic nitrogens is 2. The van der Waals surface area contributed by atoms with Crippen LogP contribution in [0.3, 0.4) is 0 Å². The molecule has 0 unspecified atom stereocenters. The molecular formula is C20H22N4O5S2. The summed E-state index contributed by atoms with van der Waals surface area (Å²) < 4.78 is 33.2. The molecule has 11 heteroatoms. The van der Waals surface area contributed by atoms with Crippen molar-refractivity contribution in [3.05, 3.63) is 51.9 Å². The second-order valence-electron chi connectivity index (χ2n) is 7.05. The van der Waals surface area contributed by atoms with E-state index in [0.29, 0.717) is 42.2 Å². The van der Waals surface area contributed by atoms with Gasteiger partial charge in [-0.3, -0.25) is 14.2 Å². The van der Waals surface area contributed by atoms with Crippen LogP contribution in [0.15, 0.2) is 46.3 Å². The van der Waals surface area contributed by atoms with Gasteiger partial charge in [-0.1, -0.05) is 6.92 Å². The molecule has 0 bridgehead atoms. The van der Waals surface area contributed by atoms with Crippen molar-refractivity contribution in [1.82, 2.24) is 13.9 Å². The maximum absolute atomic E-state index is 12.7. The second kappa shape index (κ2) is 8.87. The Morgan fingerprint density at radius 3 is 2.61 bits per heavy atom. The van der Waals surface area contributed by atoms with Gasteiger partial charge >= 0.3 is 0 Å². The molecule has 9 nitrogen and oxygen atoms in total. The van der Waals surface area contributed by atoms with Crippen LogP contribution in [-0.4, -0.2) is 54.5 Å². The third kappa shape index (κ3) is 4.54. The first-order chi connectivity index (χ1) is 14.9. The minimum absolute atomic E-state index is 0.155. The first-order valence-corrected chi connectivity index (χ1v) is 12.1. The lowest BCUT2D eigenvalue weighted by atomic mass is 10.3. The highest BCUT2D eigenvalue weighted by atomic mass is 32.2. The smallest absolute Gasteiger partial charge is 0.262 e. The van der Waals surface area contributed by atoms with Crippen LogP contribution < -0.4 is 10.9 Å². The number of hydrogen-bond acceptors (Lipinski definition) is 7. The molecule has 0 saturated carbocycles. The normalized spacial score (nSPS) is 15.3. The first-order valence-electron chi connectivity index (χ1n) is 9.84. The van der Waals surface area contributed by atoms with Gasteiger partial charge in [0.05, 0.1) is 29.8 Å². The Balaban J connectivity index is 1.45. The predicted octanol–water partition coefficient (Wildman–Crippen LogP) is 1.68.